The van der Waals surface area contributed by atoms with Gasteiger partial charge in [-0.2, -0.15) is 5.10 Å². The predicted molar refractivity (Wildman–Crippen MR) is 114 cm³/mol. The van der Waals surface area contributed by atoms with Crippen LogP contribution in [-0.2, 0) is 9.59 Å². The van der Waals surface area contributed by atoms with Gasteiger partial charge >= 0.3 is 0 Å². The Kier molecular flexibility index (Phi) is 4.60. The Bertz CT molecular complexity index is 1080. The standard InChI is InChI=1S/C22H20N4O2S/c27-20-13-12-17(24-26(20)15-7-2-1-3-8-15)22(28)25-14-6-10-18(25)21-23-16-9-4-5-11-19(16)29-21/h1-5,7-9,11,18H,6,10,12-14H2. The second-order valence-corrected chi connectivity index (χ2v) is 8.33. The lowest BCUT2D eigenvalue weighted by atomic mass is 10.1. The number of anilines is 1. The van der Waals surface area contributed by atoms with Crippen molar-refractivity contribution >= 4 is 44.8 Å². The van der Waals surface area contributed by atoms with Crippen LogP contribution in [0.4, 0.5) is 5.69 Å². The van der Waals surface area contributed by atoms with Crippen molar-refractivity contribution in [2.75, 3.05) is 11.6 Å². The van der Waals surface area contributed by atoms with E-state index in [0.717, 1.165) is 28.1 Å². The van der Waals surface area contributed by atoms with Crippen molar-refractivity contribution in [3.8, 4) is 0 Å². The molecule has 0 bridgehead atoms. The fourth-order valence-corrected chi connectivity index (χ4v) is 5.06. The molecular weight excluding hydrogens is 384 g/mol. The van der Waals surface area contributed by atoms with Crippen LogP contribution in [0.5, 0.6) is 0 Å². The first-order valence-electron chi connectivity index (χ1n) is 9.82. The van der Waals surface area contributed by atoms with Crippen LogP contribution in [-0.4, -0.2) is 34.0 Å². The molecule has 7 heteroatoms. The third-order valence-electron chi connectivity index (χ3n) is 5.39. The van der Waals surface area contributed by atoms with Crippen LogP contribution in [0, 0.1) is 0 Å². The summed E-state index contributed by atoms with van der Waals surface area (Å²) in [4.78, 5) is 32.3. The number of thiazole rings is 1. The molecule has 2 amide bonds. The molecule has 3 heterocycles. The van der Waals surface area contributed by atoms with Crippen LogP contribution in [0.3, 0.4) is 0 Å². The second-order valence-electron chi connectivity index (χ2n) is 7.26. The number of para-hydroxylation sites is 2. The van der Waals surface area contributed by atoms with Gasteiger partial charge in [-0.05, 0) is 37.1 Å². The van der Waals surface area contributed by atoms with E-state index in [9.17, 15) is 9.59 Å². The number of hydrogen-bond donors (Lipinski definition) is 0. The Morgan fingerprint density at radius 1 is 1.03 bits per heavy atom. The van der Waals surface area contributed by atoms with Gasteiger partial charge in [-0.25, -0.2) is 9.99 Å². The number of carbonyl (C=O) groups is 2. The minimum absolute atomic E-state index is 0.0228. The lowest BCUT2D eigenvalue weighted by Gasteiger charge is -2.27. The van der Waals surface area contributed by atoms with E-state index in [0.29, 0.717) is 30.8 Å². The van der Waals surface area contributed by atoms with Crippen molar-refractivity contribution < 1.29 is 9.59 Å². The Balaban J connectivity index is 1.43. The quantitative estimate of drug-likeness (QED) is 0.659. The molecule has 5 rings (SSSR count). The maximum Gasteiger partial charge on any atom is 0.270 e. The molecule has 3 aromatic rings. The molecule has 0 saturated carbocycles. The van der Waals surface area contributed by atoms with E-state index >= 15 is 0 Å². The molecular formula is C22H20N4O2S. The number of benzene rings is 2. The summed E-state index contributed by atoms with van der Waals surface area (Å²) in [6.07, 6.45) is 2.52. The van der Waals surface area contributed by atoms with E-state index in [2.05, 4.69) is 11.2 Å². The molecule has 2 aromatic carbocycles. The molecule has 1 saturated heterocycles. The van der Waals surface area contributed by atoms with Gasteiger partial charge in [-0.15, -0.1) is 11.3 Å². The molecule has 0 radical (unpaired) electrons. The molecule has 2 aliphatic heterocycles. The van der Waals surface area contributed by atoms with Gasteiger partial charge in [0.2, 0.25) is 5.91 Å². The molecule has 2 aliphatic rings. The number of rotatable bonds is 3. The van der Waals surface area contributed by atoms with E-state index in [4.69, 9.17) is 4.98 Å². The fourth-order valence-electron chi connectivity index (χ4n) is 3.94. The third kappa shape index (κ3) is 3.31. The lowest BCUT2D eigenvalue weighted by Crippen LogP contribution is -2.41. The van der Waals surface area contributed by atoms with Gasteiger partial charge in [0.15, 0.2) is 0 Å². The first kappa shape index (κ1) is 18.0. The van der Waals surface area contributed by atoms with Crippen LogP contribution in [0.2, 0.25) is 0 Å². The normalized spacial score (nSPS) is 19.7. The zero-order valence-electron chi connectivity index (χ0n) is 15.8. The first-order chi connectivity index (χ1) is 14.2. The van der Waals surface area contributed by atoms with Gasteiger partial charge in [0.05, 0.1) is 21.9 Å². The largest absolute Gasteiger partial charge is 0.328 e. The summed E-state index contributed by atoms with van der Waals surface area (Å²) in [6.45, 7) is 0.692. The van der Waals surface area contributed by atoms with Crippen molar-refractivity contribution in [2.24, 2.45) is 5.10 Å². The van der Waals surface area contributed by atoms with Crippen molar-refractivity contribution in [1.82, 2.24) is 9.88 Å². The lowest BCUT2D eigenvalue weighted by molar-refractivity contribution is -0.125. The number of aromatic nitrogens is 1. The van der Waals surface area contributed by atoms with Crippen molar-refractivity contribution in [3.05, 3.63) is 59.6 Å². The van der Waals surface area contributed by atoms with E-state index < -0.39 is 0 Å². The van der Waals surface area contributed by atoms with Crippen LogP contribution in [0.15, 0.2) is 59.7 Å². The van der Waals surface area contributed by atoms with Crippen LogP contribution >= 0.6 is 11.3 Å². The van der Waals surface area contributed by atoms with Gasteiger partial charge in [-0.3, -0.25) is 9.59 Å². The summed E-state index contributed by atoms with van der Waals surface area (Å²) < 4.78 is 1.14. The molecule has 0 N–H and O–H groups in total. The van der Waals surface area contributed by atoms with Crippen molar-refractivity contribution in [2.45, 2.75) is 31.7 Å². The van der Waals surface area contributed by atoms with E-state index in [-0.39, 0.29) is 17.9 Å². The summed E-state index contributed by atoms with van der Waals surface area (Å²) in [7, 11) is 0. The average Bonchev–Trinajstić information content (AvgIpc) is 3.41. The van der Waals surface area contributed by atoms with Gasteiger partial charge in [0, 0.05) is 19.4 Å². The topological polar surface area (TPSA) is 65.9 Å². The molecule has 146 valence electrons. The highest BCUT2D eigenvalue weighted by molar-refractivity contribution is 7.18. The molecule has 0 aliphatic carbocycles. The SMILES string of the molecule is O=C1CCC(C(=O)N2CCCC2c2nc3ccccc3s2)=NN1c1ccccc1. The fraction of sp³-hybridized carbons (Fsp3) is 0.273. The summed E-state index contributed by atoms with van der Waals surface area (Å²) in [6, 6.07) is 17.3. The Labute approximate surface area is 172 Å². The number of likely N-dealkylation sites (tertiary alicyclic amines) is 1. The molecule has 6 nitrogen and oxygen atoms in total. The second kappa shape index (κ2) is 7.40. The van der Waals surface area contributed by atoms with E-state index in [1.807, 2.05) is 53.4 Å². The molecule has 1 aromatic heterocycles. The zero-order valence-corrected chi connectivity index (χ0v) is 16.6. The smallest absolute Gasteiger partial charge is 0.270 e. The highest BCUT2D eigenvalue weighted by Gasteiger charge is 2.36. The monoisotopic (exact) mass is 404 g/mol. The van der Waals surface area contributed by atoms with Crippen molar-refractivity contribution in [3.63, 3.8) is 0 Å². The summed E-state index contributed by atoms with van der Waals surface area (Å²) in [5.74, 6) is -0.169. The number of carbonyl (C=O) groups excluding carboxylic acids is 2. The minimum atomic E-state index is -0.0862. The predicted octanol–water partition coefficient (Wildman–Crippen LogP) is 4.14. The number of hydrazone groups is 1. The number of fused-ring (bicyclic) bond motifs is 1. The number of nitrogens with zero attached hydrogens (tertiary/aromatic N) is 4. The minimum Gasteiger partial charge on any atom is -0.328 e. The number of amides is 2. The highest BCUT2D eigenvalue weighted by Crippen LogP contribution is 2.37. The zero-order chi connectivity index (χ0) is 19.8. The van der Waals surface area contributed by atoms with Crippen molar-refractivity contribution in [1.29, 1.82) is 0 Å². The number of hydrogen-bond acceptors (Lipinski definition) is 5. The van der Waals surface area contributed by atoms with Crippen LogP contribution < -0.4 is 5.01 Å². The highest BCUT2D eigenvalue weighted by atomic mass is 32.1. The summed E-state index contributed by atoms with van der Waals surface area (Å²) in [5.41, 5.74) is 2.11. The Morgan fingerprint density at radius 2 is 1.83 bits per heavy atom. The van der Waals surface area contributed by atoms with Crippen LogP contribution in [0.1, 0.15) is 36.7 Å². The molecule has 1 unspecified atom stereocenters. The third-order valence-corrected chi connectivity index (χ3v) is 6.53. The van der Waals surface area contributed by atoms with Gasteiger partial charge in [-0.1, -0.05) is 30.3 Å². The first-order valence-corrected chi connectivity index (χ1v) is 10.6. The maximum absolute atomic E-state index is 13.3. The molecule has 29 heavy (non-hydrogen) atoms. The van der Waals surface area contributed by atoms with Gasteiger partial charge < -0.3 is 4.90 Å². The van der Waals surface area contributed by atoms with Crippen LogP contribution in [0.25, 0.3) is 10.2 Å². The Morgan fingerprint density at radius 3 is 2.66 bits per heavy atom. The average molecular weight is 404 g/mol. The molecule has 0 spiro atoms. The molecule has 1 fully saturated rings. The summed E-state index contributed by atoms with van der Waals surface area (Å²) >= 11 is 1.65. The van der Waals surface area contributed by atoms with Gasteiger partial charge in [0.1, 0.15) is 10.7 Å². The summed E-state index contributed by atoms with van der Waals surface area (Å²) in [5, 5.41) is 6.78. The van der Waals surface area contributed by atoms with Gasteiger partial charge in [0.25, 0.3) is 5.91 Å². The molecule has 1 atom stereocenters. The van der Waals surface area contributed by atoms with E-state index in [1.165, 1.54) is 5.01 Å². The maximum atomic E-state index is 13.3. The van der Waals surface area contributed by atoms with E-state index in [1.54, 1.807) is 11.3 Å². The Hall–Kier alpha value is -3.06.